The standard InChI is InChI=1S/C11H21N5O2S/c1-9(6-8-16(2)3)15-19(17,18)11-10(14-12)5-4-7-13-11/h4-5,7,9,14-15H,6,8,12H2,1-3H3. The number of nitrogens with one attached hydrogen (secondary N) is 2. The fraction of sp³-hybridized carbons (Fsp3) is 0.545. The summed E-state index contributed by atoms with van der Waals surface area (Å²) in [7, 11) is 0.209. The zero-order valence-electron chi connectivity index (χ0n) is 11.4. The first-order chi connectivity index (χ1) is 8.86. The second-order valence-corrected chi connectivity index (χ2v) is 6.24. The Morgan fingerprint density at radius 1 is 1.47 bits per heavy atom. The van der Waals surface area contributed by atoms with Crippen molar-refractivity contribution < 1.29 is 8.42 Å². The Kier molecular flexibility index (Phi) is 5.67. The highest BCUT2D eigenvalue weighted by Gasteiger charge is 2.21. The topological polar surface area (TPSA) is 100 Å². The molecule has 0 spiro atoms. The quantitative estimate of drug-likeness (QED) is 0.481. The Bertz CT molecular complexity index is 504. The first kappa shape index (κ1) is 15.8. The summed E-state index contributed by atoms with van der Waals surface area (Å²) in [6.45, 7) is 2.62. The van der Waals surface area contributed by atoms with Crippen molar-refractivity contribution in [2.45, 2.75) is 24.4 Å². The molecule has 7 nitrogen and oxygen atoms in total. The Morgan fingerprint density at radius 2 is 2.16 bits per heavy atom. The number of rotatable bonds is 7. The molecule has 0 aliphatic carbocycles. The summed E-state index contributed by atoms with van der Waals surface area (Å²) in [4.78, 5) is 5.86. The lowest BCUT2D eigenvalue weighted by Gasteiger charge is -2.17. The molecule has 0 radical (unpaired) electrons. The average molecular weight is 287 g/mol. The normalized spacial score (nSPS) is 13.5. The molecule has 1 aromatic rings. The van der Waals surface area contributed by atoms with Crippen LogP contribution in [0.1, 0.15) is 13.3 Å². The van der Waals surface area contributed by atoms with Crippen LogP contribution in [0.2, 0.25) is 0 Å². The van der Waals surface area contributed by atoms with Gasteiger partial charge in [0.25, 0.3) is 10.0 Å². The van der Waals surface area contributed by atoms with Gasteiger partial charge in [0.1, 0.15) is 0 Å². The van der Waals surface area contributed by atoms with Crippen molar-refractivity contribution in [1.82, 2.24) is 14.6 Å². The van der Waals surface area contributed by atoms with Crippen molar-refractivity contribution in [3.63, 3.8) is 0 Å². The highest BCUT2D eigenvalue weighted by molar-refractivity contribution is 7.89. The summed E-state index contributed by atoms with van der Waals surface area (Å²) in [6.07, 6.45) is 2.13. The minimum Gasteiger partial charge on any atom is -0.321 e. The monoisotopic (exact) mass is 287 g/mol. The highest BCUT2D eigenvalue weighted by atomic mass is 32.2. The molecule has 4 N–H and O–H groups in total. The molecule has 1 rings (SSSR count). The lowest BCUT2D eigenvalue weighted by molar-refractivity contribution is 0.379. The van der Waals surface area contributed by atoms with E-state index in [0.717, 1.165) is 6.54 Å². The maximum atomic E-state index is 12.2. The number of nitrogen functional groups attached to an aromatic ring is 1. The van der Waals surface area contributed by atoms with Gasteiger partial charge in [0.15, 0.2) is 5.03 Å². The third-order valence-corrected chi connectivity index (χ3v) is 4.09. The Balaban J connectivity index is 2.81. The SMILES string of the molecule is CC(CCN(C)C)NS(=O)(=O)c1ncccc1NN. The lowest BCUT2D eigenvalue weighted by Crippen LogP contribution is -2.35. The molecule has 1 atom stereocenters. The number of anilines is 1. The Labute approximate surface area is 114 Å². The van der Waals surface area contributed by atoms with Crippen LogP contribution in [0.3, 0.4) is 0 Å². The molecule has 8 heteroatoms. The van der Waals surface area contributed by atoms with Crippen LogP contribution in [0.4, 0.5) is 5.69 Å². The van der Waals surface area contributed by atoms with E-state index in [1.54, 1.807) is 12.1 Å². The molecule has 1 unspecified atom stereocenters. The summed E-state index contributed by atoms with van der Waals surface area (Å²) in [5, 5.41) is -0.0887. The first-order valence-electron chi connectivity index (χ1n) is 5.95. The highest BCUT2D eigenvalue weighted by Crippen LogP contribution is 2.16. The van der Waals surface area contributed by atoms with Gasteiger partial charge in [-0.2, -0.15) is 0 Å². The molecule has 0 aliphatic heterocycles. The molecule has 0 fully saturated rings. The number of nitrogens with two attached hydrogens (primary N) is 1. The summed E-state index contributed by atoms with van der Waals surface area (Å²) in [6, 6.07) is 3.00. The minimum atomic E-state index is -3.67. The molecule has 1 heterocycles. The van der Waals surface area contributed by atoms with E-state index < -0.39 is 10.0 Å². The Hall–Kier alpha value is -1.22. The fourth-order valence-corrected chi connectivity index (χ4v) is 2.92. The van der Waals surface area contributed by atoms with Crippen molar-refractivity contribution >= 4 is 15.7 Å². The zero-order chi connectivity index (χ0) is 14.5. The van der Waals surface area contributed by atoms with Gasteiger partial charge in [-0.05, 0) is 46.1 Å². The van der Waals surface area contributed by atoms with Crippen LogP contribution in [0.5, 0.6) is 0 Å². The molecule has 0 aliphatic rings. The molecular formula is C11H21N5O2S. The number of nitrogens with zero attached hydrogens (tertiary/aromatic N) is 2. The van der Waals surface area contributed by atoms with Gasteiger partial charge in [0.2, 0.25) is 0 Å². The minimum absolute atomic E-state index is 0.0887. The van der Waals surface area contributed by atoms with Gasteiger partial charge in [-0.1, -0.05) is 0 Å². The number of hydrogen-bond donors (Lipinski definition) is 3. The number of hydrogen-bond acceptors (Lipinski definition) is 6. The summed E-state index contributed by atoms with van der Waals surface area (Å²) >= 11 is 0. The van der Waals surface area contributed by atoms with Crippen LogP contribution in [-0.2, 0) is 10.0 Å². The summed E-state index contributed by atoms with van der Waals surface area (Å²) < 4.78 is 27.0. The van der Waals surface area contributed by atoms with Gasteiger partial charge in [0.05, 0.1) is 5.69 Å². The predicted octanol–water partition coefficient (Wildman–Crippen LogP) is -0.0143. The van der Waals surface area contributed by atoms with Crippen molar-refractivity contribution in [3.8, 4) is 0 Å². The largest absolute Gasteiger partial charge is 0.321 e. The molecule has 19 heavy (non-hydrogen) atoms. The third-order valence-electron chi connectivity index (χ3n) is 2.55. The maximum Gasteiger partial charge on any atom is 0.260 e. The lowest BCUT2D eigenvalue weighted by atomic mass is 10.2. The van der Waals surface area contributed by atoms with E-state index in [1.165, 1.54) is 6.20 Å². The van der Waals surface area contributed by atoms with Gasteiger partial charge in [-0.25, -0.2) is 18.1 Å². The van der Waals surface area contributed by atoms with Gasteiger partial charge < -0.3 is 10.3 Å². The van der Waals surface area contributed by atoms with Crippen LogP contribution in [0, 0.1) is 0 Å². The van der Waals surface area contributed by atoms with E-state index >= 15 is 0 Å². The fourth-order valence-electron chi connectivity index (χ4n) is 1.55. The van der Waals surface area contributed by atoms with E-state index in [2.05, 4.69) is 15.1 Å². The molecule has 0 amide bonds. The number of aromatic nitrogens is 1. The van der Waals surface area contributed by atoms with Gasteiger partial charge in [-0.3, -0.25) is 5.84 Å². The van der Waals surface area contributed by atoms with Crippen LogP contribution < -0.4 is 16.0 Å². The van der Waals surface area contributed by atoms with Gasteiger partial charge >= 0.3 is 0 Å². The Morgan fingerprint density at radius 3 is 2.74 bits per heavy atom. The van der Waals surface area contributed by atoms with Crippen molar-refractivity contribution in [3.05, 3.63) is 18.3 Å². The average Bonchev–Trinajstić information content (AvgIpc) is 2.35. The molecule has 108 valence electrons. The maximum absolute atomic E-state index is 12.2. The van der Waals surface area contributed by atoms with Gasteiger partial charge in [-0.15, -0.1) is 0 Å². The smallest absolute Gasteiger partial charge is 0.260 e. The molecular weight excluding hydrogens is 266 g/mol. The molecule has 0 bridgehead atoms. The van der Waals surface area contributed by atoms with Crippen molar-refractivity contribution in [2.75, 3.05) is 26.1 Å². The van der Waals surface area contributed by atoms with Crippen LogP contribution >= 0.6 is 0 Å². The molecule has 1 aromatic heterocycles. The van der Waals surface area contributed by atoms with E-state index in [4.69, 9.17) is 5.84 Å². The van der Waals surface area contributed by atoms with Crippen molar-refractivity contribution in [1.29, 1.82) is 0 Å². The number of pyridine rings is 1. The second-order valence-electron chi connectivity index (χ2n) is 4.61. The van der Waals surface area contributed by atoms with Crippen LogP contribution in [0.25, 0.3) is 0 Å². The predicted molar refractivity (Wildman–Crippen MR) is 75.0 cm³/mol. The molecule has 0 saturated heterocycles. The third kappa shape index (κ3) is 4.75. The zero-order valence-corrected chi connectivity index (χ0v) is 12.2. The molecule has 0 aromatic carbocycles. The molecule has 0 saturated carbocycles. The van der Waals surface area contributed by atoms with E-state index in [9.17, 15) is 8.42 Å². The first-order valence-corrected chi connectivity index (χ1v) is 7.44. The van der Waals surface area contributed by atoms with E-state index in [0.29, 0.717) is 6.42 Å². The second kappa shape index (κ2) is 6.80. The summed E-state index contributed by atoms with van der Waals surface area (Å²) in [5.74, 6) is 5.29. The number of hydrazine groups is 1. The van der Waals surface area contributed by atoms with Crippen LogP contribution in [-0.4, -0.2) is 45.0 Å². The summed E-state index contributed by atoms with van der Waals surface area (Å²) in [5.41, 5.74) is 2.61. The van der Waals surface area contributed by atoms with Gasteiger partial charge in [0, 0.05) is 12.2 Å². The number of sulfonamides is 1. The van der Waals surface area contributed by atoms with Crippen molar-refractivity contribution in [2.24, 2.45) is 5.84 Å². The van der Waals surface area contributed by atoms with E-state index in [1.807, 2.05) is 25.9 Å². The van der Waals surface area contributed by atoms with Crippen LogP contribution in [0.15, 0.2) is 23.4 Å². The van der Waals surface area contributed by atoms with E-state index in [-0.39, 0.29) is 16.8 Å².